The highest BCUT2D eigenvalue weighted by Crippen LogP contribution is 2.11. The van der Waals surface area contributed by atoms with Gasteiger partial charge in [0.05, 0.1) is 5.71 Å². The Morgan fingerprint density at radius 2 is 1.67 bits per heavy atom. The Balaban J connectivity index is 2.15. The third-order valence-corrected chi connectivity index (χ3v) is 3.64. The predicted octanol–water partition coefficient (Wildman–Crippen LogP) is 3.77. The second-order valence-corrected chi connectivity index (χ2v) is 5.25. The number of benzene rings is 2. The average Bonchev–Trinajstić information content (AvgIpc) is 2.47. The van der Waals surface area contributed by atoms with E-state index in [1.165, 1.54) is 11.1 Å². The Kier molecular flexibility index (Phi) is 4.53. The molecule has 0 fully saturated rings. The highest BCUT2D eigenvalue weighted by molar-refractivity contribution is 6.01. The summed E-state index contributed by atoms with van der Waals surface area (Å²) in [4.78, 5) is 12.1. The van der Waals surface area contributed by atoms with Gasteiger partial charge in [-0.15, -0.1) is 0 Å². The molecule has 0 bridgehead atoms. The number of carbonyl (C=O) groups is 1. The summed E-state index contributed by atoms with van der Waals surface area (Å²) in [7, 11) is 0. The van der Waals surface area contributed by atoms with Gasteiger partial charge in [0, 0.05) is 5.56 Å². The molecule has 108 valence electrons. The van der Waals surface area contributed by atoms with E-state index >= 15 is 0 Å². The van der Waals surface area contributed by atoms with Crippen LogP contribution < -0.4 is 5.43 Å². The smallest absolute Gasteiger partial charge is 0.267 e. The van der Waals surface area contributed by atoms with Crippen molar-refractivity contribution in [1.82, 2.24) is 5.43 Å². The lowest BCUT2D eigenvalue weighted by Crippen LogP contribution is -2.20. The molecule has 3 nitrogen and oxygen atoms in total. The van der Waals surface area contributed by atoms with Gasteiger partial charge >= 0.3 is 0 Å². The van der Waals surface area contributed by atoms with Crippen LogP contribution >= 0.6 is 0 Å². The summed E-state index contributed by atoms with van der Waals surface area (Å²) < 4.78 is 0. The van der Waals surface area contributed by atoms with E-state index in [4.69, 9.17) is 0 Å². The fourth-order valence-electron chi connectivity index (χ4n) is 2.05. The van der Waals surface area contributed by atoms with E-state index < -0.39 is 0 Å². The maximum atomic E-state index is 12.1. The van der Waals surface area contributed by atoms with Crippen LogP contribution in [0, 0.1) is 20.8 Å². The molecule has 1 amide bonds. The Hall–Kier alpha value is -2.42. The average molecular weight is 280 g/mol. The summed E-state index contributed by atoms with van der Waals surface area (Å²) in [6.45, 7) is 7.95. The van der Waals surface area contributed by atoms with Gasteiger partial charge < -0.3 is 0 Å². The monoisotopic (exact) mass is 280 g/mol. The van der Waals surface area contributed by atoms with E-state index in [2.05, 4.69) is 36.5 Å². The third kappa shape index (κ3) is 3.57. The second-order valence-electron chi connectivity index (χ2n) is 5.25. The molecule has 0 atom stereocenters. The highest BCUT2D eigenvalue weighted by atomic mass is 16.2. The topological polar surface area (TPSA) is 41.5 Å². The number of hydrogen-bond acceptors (Lipinski definition) is 2. The number of nitrogens with zero attached hydrogens (tertiary/aromatic N) is 1. The van der Waals surface area contributed by atoms with Gasteiger partial charge in [0.2, 0.25) is 0 Å². The summed E-state index contributed by atoms with van der Waals surface area (Å²) in [5.41, 5.74) is 8.48. The minimum absolute atomic E-state index is 0.184. The van der Waals surface area contributed by atoms with E-state index in [1.54, 1.807) is 6.07 Å². The first-order valence-electron chi connectivity index (χ1n) is 6.97. The maximum Gasteiger partial charge on any atom is 0.271 e. The number of amides is 1. The highest BCUT2D eigenvalue weighted by Gasteiger charge is 2.07. The van der Waals surface area contributed by atoms with Gasteiger partial charge in [-0.3, -0.25) is 4.79 Å². The minimum Gasteiger partial charge on any atom is -0.267 e. The number of hydrazone groups is 1. The summed E-state index contributed by atoms with van der Waals surface area (Å²) in [6.07, 6.45) is 0. The van der Waals surface area contributed by atoms with Gasteiger partial charge in [-0.25, -0.2) is 5.43 Å². The van der Waals surface area contributed by atoms with Crippen LogP contribution in [0.5, 0.6) is 0 Å². The van der Waals surface area contributed by atoms with Crippen molar-refractivity contribution in [2.75, 3.05) is 0 Å². The number of aryl methyl sites for hydroxylation is 3. The van der Waals surface area contributed by atoms with Crippen molar-refractivity contribution in [1.29, 1.82) is 0 Å². The second kappa shape index (κ2) is 6.35. The summed E-state index contributed by atoms with van der Waals surface area (Å²) in [5.74, 6) is -0.184. The molecule has 0 saturated carbocycles. The van der Waals surface area contributed by atoms with E-state index in [0.717, 1.165) is 16.8 Å². The molecule has 0 spiro atoms. The Morgan fingerprint density at radius 1 is 0.952 bits per heavy atom. The van der Waals surface area contributed by atoms with Gasteiger partial charge in [-0.1, -0.05) is 30.3 Å². The molecular formula is C18H20N2O. The first-order chi connectivity index (χ1) is 9.99. The molecule has 0 radical (unpaired) electrons. The molecule has 0 aliphatic carbocycles. The molecule has 0 heterocycles. The molecule has 0 saturated heterocycles. The molecule has 3 heteroatoms. The molecule has 21 heavy (non-hydrogen) atoms. The first-order valence-corrected chi connectivity index (χ1v) is 6.97. The quantitative estimate of drug-likeness (QED) is 0.675. The zero-order valence-electron chi connectivity index (χ0n) is 12.9. The number of hydrogen-bond donors (Lipinski definition) is 1. The van der Waals surface area contributed by atoms with Crippen LogP contribution in [0.15, 0.2) is 47.6 Å². The van der Waals surface area contributed by atoms with Gasteiger partial charge in [0.25, 0.3) is 5.91 Å². The standard InChI is InChI=1S/C18H20N2O/c1-12-9-10-16(11-14(12)3)15(4)19-20-18(21)17-8-6-5-7-13(17)2/h5-11H,1-4H3,(H,20,21)/b19-15+. The summed E-state index contributed by atoms with van der Waals surface area (Å²) >= 11 is 0. The fourth-order valence-corrected chi connectivity index (χ4v) is 2.05. The Bertz CT molecular complexity index is 702. The van der Waals surface area contributed by atoms with Gasteiger partial charge in [-0.2, -0.15) is 5.10 Å². The largest absolute Gasteiger partial charge is 0.271 e. The van der Waals surface area contributed by atoms with Crippen molar-refractivity contribution >= 4 is 11.6 Å². The molecular weight excluding hydrogens is 260 g/mol. The molecule has 2 aromatic carbocycles. The van der Waals surface area contributed by atoms with Gasteiger partial charge in [0.1, 0.15) is 0 Å². The maximum absolute atomic E-state index is 12.1. The lowest BCUT2D eigenvalue weighted by Gasteiger charge is -2.07. The number of carbonyl (C=O) groups excluding carboxylic acids is 1. The van der Waals surface area contributed by atoms with Crippen LogP contribution in [0.3, 0.4) is 0 Å². The molecule has 0 aliphatic rings. The SMILES string of the molecule is C/C(=N\NC(=O)c1ccccc1C)c1ccc(C)c(C)c1. The molecule has 0 aliphatic heterocycles. The fraction of sp³-hybridized carbons (Fsp3) is 0.222. The normalized spacial score (nSPS) is 11.3. The Labute approximate surface area is 125 Å². The van der Waals surface area contributed by atoms with Gasteiger partial charge in [-0.05, 0) is 62.1 Å². The molecule has 0 aromatic heterocycles. The van der Waals surface area contributed by atoms with Crippen LogP contribution in [0.25, 0.3) is 0 Å². The summed E-state index contributed by atoms with van der Waals surface area (Å²) in [6, 6.07) is 13.6. The van der Waals surface area contributed by atoms with Gasteiger partial charge in [0.15, 0.2) is 0 Å². The zero-order chi connectivity index (χ0) is 15.4. The first kappa shape index (κ1) is 15.0. The van der Waals surface area contributed by atoms with Crippen molar-refractivity contribution in [3.63, 3.8) is 0 Å². The van der Waals surface area contributed by atoms with E-state index in [1.807, 2.05) is 38.1 Å². The van der Waals surface area contributed by atoms with E-state index in [-0.39, 0.29) is 5.91 Å². The van der Waals surface area contributed by atoms with Crippen molar-refractivity contribution in [2.45, 2.75) is 27.7 Å². The van der Waals surface area contributed by atoms with Crippen LogP contribution in [0.4, 0.5) is 0 Å². The van der Waals surface area contributed by atoms with Crippen molar-refractivity contribution in [3.05, 3.63) is 70.3 Å². The molecule has 0 unspecified atom stereocenters. The van der Waals surface area contributed by atoms with Crippen LogP contribution in [-0.4, -0.2) is 11.6 Å². The number of nitrogens with one attached hydrogen (secondary N) is 1. The molecule has 1 N–H and O–H groups in total. The Morgan fingerprint density at radius 3 is 2.33 bits per heavy atom. The molecule has 2 aromatic rings. The lowest BCUT2D eigenvalue weighted by atomic mass is 10.0. The third-order valence-electron chi connectivity index (χ3n) is 3.64. The van der Waals surface area contributed by atoms with Crippen molar-refractivity contribution in [3.8, 4) is 0 Å². The molecule has 2 rings (SSSR count). The van der Waals surface area contributed by atoms with E-state index in [9.17, 15) is 4.79 Å². The van der Waals surface area contributed by atoms with Crippen molar-refractivity contribution in [2.24, 2.45) is 5.10 Å². The summed E-state index contributed by atoms with van der Waals surface area (Å²) in [5, 5.41) is 4.20. The zero-order valence-corrected chi connectivity index (χ0v) is 12.9. The van der Waals surface area contributed by atoms with Crippen molar-refractivity contribution < 1.29 is 4.79 Å². The van der Waals surface area contributed by atoms with Crippen LogP contribution in [-0.2, 0) is 0 Å². The predicted molar refractivity (Wildman–Crippen MR) is 86.8 cm³/mol. The van der Waals surface area contributed by atoms with E-state index in [0.29, 0.717) is 5.56 Å². The number of rotatable bonds is 3. The minimum atomic E-state index is -0.184. The van der Waals surface area contributed by atoms with Crippen LogP contribution in [0.2, 0.25) is 0 Å². The van der Waals surface area contributed by atoms with Crippen LogP contribution in [0.1, 0.15) is 39.5 Å². The lowest BCUT2D eigenvalue weighted by molar-refractivity contribution is 0.0954.